The molecule has 0 amide bonds. The van der Waals surface area contributed by atoms with Crippen LogP contribution in [-0.2, 0) is 16.1 Å². The monoisotopic (exact) mass is 490 g/mol. The Balaban J connectivity index is 1.67. The third-order valence-electron chi connectivity index (χ3n) is 5.57. The van der Waals surface area contributed by atoms with Crippen LogP contribution in [0.2, 0.25) is 5.02 Å². The molecule has 0 saturated heterocycles. The number of halogens is 1. The van der Waals surface area contributed by atoms with Crippen molar-refractivity contribution in [3.8, 4) is 17.1 Å². The van der Waals surface area contributed by atoms with Crippen LogP contribution < -0.4 is 4.74 Å². The topological polar surface area (TPSA) is 88.1 Å². The van der Waals surface area contributed by atoms with Crippen molar-refractivity contribution in [2.45, 2.75) is 6.61 Å². The van der Waals surface area contributed by atoms with Crippen LogP contribution in [0.25, 0.3) is 33.3 Å². The molecular weight excluding hydrogens is 472 g/mol. The van der Waals surface area contributed by atoms with Gasteiger partial charge in [0.25, 0.3) is 0 Å². The maximum atomic E-state index is 12.2. The maximum absolute atomic E-state index is 12.2. The summed E-state index contributed by atoms with van der Waals surface area (Å²) in [6.45, 7) is 0.202. The van der Waals surface area contributed by atoms with E-state index in [1.807, 2.05) is 12.1 Å². The second-order valence-corrected chi connectivity index (χ2v) is 8.17. The number of furan rings is 2. The first-order chi connectivity index (χ1) is 17.0. The molecule has 0 aliphatic rings. The van der Waals surface area contributed by atoms with E-state index in [-0.39, 0.29) is 6.61 Å². The van der Waals surface area contributed by atoms with E-state index in [0.717, 1.165) is 5.56 Å². The summed E-state index contributed by atoms with van der Waals surface area (Å²) in [5.74, 6) is -0.141. The highest BCUT2D eigenvalue weighted by atomic mass is 35.5. The molecule has 0 fully saturated rings. The van der Waals surface area contributed by atoms with Gasteiger partial charge in [0, 0.05) is 10.4 Å². The molecule has 35 heavy (non-hydrogen) atoms. The number of hydrogen-bond donors (Lipinski definition) is 0. The van der Waals surface area contributed by atoms with Gasteiger partial charge in [-0.3, -0.25) is 0 Å². The van der Waals surface area contributed by atoms with Crippen LogP contribution in [0.3, 0.4) is 0 Å². The Morgan fingerprint density at radius 2 is 1.54 bits per heavy atom. The molecule has 3 aromatic carbocycles. The number of methoxy groups -OCH3 is 2. The quantitative estimate of drug-likeness (QED) is 0.246. The summed E-state index contributed by atoms with van der Waals surface area (Å²) in [6.07, 6.45) is 1.54. The zero-order valence-electron chi connectivity index (χ0n) is 18.8. The normalized spacial score (nSPS) is 11.1. The molecule has 0 radical (unpaired) electrons. The van der Waals surface area contributed by atoms with E-state index in [1.165, 1.54) is 20.5 Å². The molecule has 0 aliphatic heterocycles. The van der Waals surface area contributed by atoms with Gasteiger partial charge in [0.15, 0.2) is 11.5 Å². The van der Waals surface area contributed by atoms with Gasteiger partial charge in [-0.1, -0.05) is 23.7 Å². The fraction of sp³-hybridized carbons (Fsp3) is 0.111. The molecule has 5 rings (SSSR count). The van der Waals surface area contributed by atoms with E-state index in [4.69, 9.17) is 34.6 Å². The number of benzene rings is 3. The summed E-state index contributed by atoms with van der Waals surface area (Å²) in [7, 11) is 2.64. The van der Waals surface area contributed by atoms with Crippen LogP contribution in [0, 0.1) is 0 Å². The standard InChI is InChI=1S/C27H19ClO7/c1-31-26(29)16-6-8-22-19(11-16)21(14-33-22)25-24(34-13-15-4-3-5-18(28)10-15)20-12-17(27(30)32-2)7-9-23(20)35-25/h3-12,14H,13H2,1-2H3. The van der Waals surface area contributed by atoms with Gasteiger partial charge in [0.1, 0.15) is 24.0 Å². The lowest BCUT2D eigenvalue weighted by Crippen LogP contribution is -2.01. The summed E-state index contributed by atoms with van der Waals surface area (Å²) >= 11 is 6.13. The smallest absolute Gasteiger partial charge is 0.337 e. The van der Waals surface area contributed by atoms with Gasteiger partial charge in [0.05, 0.1) is 36.3 Å². The number of ether oxygens (including phenoxy) is 3. The van der Waals surface area contributed by atoms with Gasteiger partial charge < -0.3 is 23.0 Å². The molecule has 0 spiro atoms. The number of hydrogen-bond acceptors (Lipinski definition) is 7. The molecule has 7 nitrogen and oxygen atoms in total. The van der Waals surface area contributed by atoms with Crippen molar-refractivity contribution in [2.24, 2.45) is 0 Å². The average molecular weight is 491 g/mol. The predicted molar refractivity (Wildman–Crippen MR) is 130 cm³/mol. The number of rotatable bonds is 6. The van der Waals surface area contributed by atoms with Gasteiger partial charge in [-0.05, 0) is 54.1 Å². The van der Waals surface area contributed by atoms with Crippen LogP contribution in [-0.4, -0.2) is 26.2 Å². The Morgan fingerprint density at radius 1 is 0.857 bits per heavy atom. The highest BCUT2D eigenvalue weighted by molar-refractivity contribution is 6.30. The molecule has 2 heterocycles. The molecule has 5 aromatic rings. The van der Waals surface area contributed by atoms with Gasteiger partial charge in [-0.15, -0.1) is 0 Å². The molecule has 0 N–H and O–H groups in total. The average Bonchev–Trinajstić information content (AvgIpc) is 3.46. The number of carbonyl (C=O) groups excluding carboxylic acids is 2. The highest BCUT2D eigenvalue weighted by Crippen LogP contribution is 2.44. The summed E-state index contributed by atoms with van der Waals surface area (Å²) in [4.78, 5) is 24.3. The predicted octanol–water partition coefficient (Wildman–Crippen LogP) is 6.65. The van der Waals surface area contributed by atoms with Gasteiger partial charge in [0.2, 0.25) is 0 Å². The Kier molecular flexibility index (Phi) is 5.93. The van der Waals surface area contributed by atoms with Crippen LogP contribution in [0.4, 0.5) is 0 Å². The van der Waals surface area contributed by atoms with Crippen molar-refractivity contribution in [3.63, 3.8) is 0 Å². The Morgan fingerprint density at radius 3 is 2.23 bits per heavy atom. The summed E-state index contributed by atoms with van der Waals surface area (Å²) in [6, 6.07) is 17.3. The maximum Gasteiger partial charge on any atom is 0.337 e. The van der Waals surface area contributed by atoms with Crippen molar-refractivity contribution in [1.82, 2.24) is 0 Å². The minimum absolute atomic E-state index is 0.202. The fourth-order valence-corrected chi connectivity index (χ4v) is 4.09. The van der Waals surface area contributed by atoms with E-state index in [0.29, 0.717) is 55.2 Å². The molecular formula is C27H19ClO7. The molecule has 8 heteroatoms. The summed E-state index contributed by atoms with van der Waals surface area (Å²) in [5.41, 5.74) is 3.23. The van der Waals surface area contributed by atoms with Crippen LogP contribution in [0.15, 0.2) is 75.8 Å². The zero-order valence-corrected chi connectivity index (χ0v) is 19.5. The van der Waals surface area contributed by atoms with Crippen molar-refractivity contribution in [3.05, 3.63) is 88.6 Å². The molecule has 0 saturated carbocycles. The first-order valence-corrected chi connectivity index (χ1v) is 11.0. The molecule has 0 aliphatic carbocycles. The first kappa shape index (κ1) is 22.6. The second-order valence-electron chi connectivity index (χ2n) is 7.73. The van der Waals surface area contributed by atoms with Crippen LogP contribution in [0.5, 0.6) is 5.75 Å². The largest absolute Gasteiger partial charge is 0.484 e. The minimum atomic E-state index is -0.480. The third kappa shape index (κ3) is 4.22. The van der Waals surface area contributed by atoms with Gasteiger partial charge in [-0.2, -0.15) is 0 Å². The van der Waals surface area contributed by atoms with E-state index < -0.39 is 11.9 Å². The lowest BCUT2D eigenvalue weighted by Gasteiger charge is -2.08. The summed E-state index contributed by atoms with van der Waals surface area (Å²) in [5, 5.41) is 1.82. The molecule has 176 valence electrons. The number of fused-ring (bicyclic) bond motifs is 2. The fourth-order valence-electron chi connectivity index (χ4n) is 3.87. The van der Waals surface area contributed by atoms with Crippen LogP contribution in [0.1, 0.15) is 26.3 Å². The van der Waals surface area contributed by atoms with Crippen molar-refractivity contribution in [1.29, 1.82) is 0 Å². The Hall–Kier alpha value is -4.23. The van der Waals surface area contributed by atoms with Crippen molar-refractivity contribution < 1.29 is 32.6 Å². The van der Waals surface area contributed by atoms with Crippen molar-refractivity contribution >= 4 is 45.5 Å². The lowest BCUT2D eigenvalue weighted by molar-refractivity contribution is 0.0592. The van der Waals surface area contributed by atoms with Crippen LogP contribution >= 0.6 is 11.6 Å². The van der Waals surface area contributed by atoms with E-state index in [2.05, 4.69) is 0 Å². The van der Waals surface area contributed by atoms with E-state index in [9.17, 15) is 9.59 Å². The lowest BCUT2D eigenvalue weighted by atomic mass is 10.1. The molecule has 0 atom stereocenters. The number of carbonyl (C=O) groups is 2. The molecule has 0 bridgehead atoms. The van der Waals surface area contributed by atoms with Gasteiger partial charge >= 0.3 is 11.9 Å². The van der Waals surface area contributed by atoms with Gasteiger partial charge in [-0.25, -0.2) is 9.59 Å². The second kappa shape index (κ2) is 9.19. The van der Waals surface area contributed by atoms with E-state index >= 15 is 0 Å². The number of esters is 2. The van der Waals surface area contributed by atoms with E-state index in [1.54, 1.807) is 48.5 Å². The highest BCUT2D eigenvalue weighted by Gasteiger charge is 2.23. The molecule has 2 aromatic heterocycles. The zero-order chi connectivity index (χ0) is 24.5. The summed E-state index contributed by atoms with van der Waals surface area (Å²) < 4.78 is 27.9. The Labute approximate surface area is 204 Å². The minimum Gasteiger partial charge on any atom is -0.484 e. The Bertz CT molecular complexity index is 1580. The molecule has 0 unspecified atom stereocenters. The SMILES string of the molecule is COC(=O)c1ccc2occ(-c3oc4ccc(C(=O)OC)cc4c3OCc3cccc(Cl)c3)c2c1. The third-order valence-corrected chi connectivity index (χ3v) is 5.81. The first-order valence-electron chi connectivity index (χ1n) is 10.6. The van der Waals surface area contributed by atoms with Crippen molar-refractivity contribution in [2.75, 3.05) is 14.2 Å².